The van der Waals surface area contributed by atoms with Gasteiger partial charge in [-0.05, 0) is 19.1 Å². The molecule has 3 rings (SSSR count). The van der Waals surface area contributed by atoms with Gasteiger partial charge in [0.1, 0.15) is 0 Å². The van der Waals surface area contributed by atoms with E-state index in [4.69, 9.17) is 16.3 Å². The third-order valence-corrected chi connectivity index (χ3v) is 4.31. The van der Waals surface area contributed by atoms with Gasteiger partial charge in [0.05, 0.1) is 41.4 Å². The monoisotopic (exact) mass is 349 g/mol. The molecular weight excluding hydrogens is 334 g/mol. The van der Waals surface area contributed by atoms with Crippen molar-refractivity contribution in [1.29, 1.82) is 0 Å². The van der Waals surface area contributed by atoms with E-state index < -0.39 is 12.0 Å². The number of hydrogen-bond donors (Lipinski definition) is 1. The summed E-state index contributed by atoms with van der Waals surface area (Å²) in [6.07, 6.45) is 1.44. The van der Waals surface area contributed by atoms with Crippen LogP contribution in [0.4, 0.5) is 0 Å². The minimum Gasteiger partial charge on any atom is -0.480 e. The van der Waals surface area contributed by atoms with Gasteiger partial charge in [-0.1, -0.05) is 23.7 Å². The van der Waals surface area contributed by atoms with Crippen molar-refractivity contribution in [2.75, 3.05) is 19.8 Å². The van der Waals surface area contributed by atoms with E-state index in [2.05, 4.69) is 5.10 Å². The molecule has 1 atom stereocenters. The molecule has 1 N–H and O–H groups in total. The Balaban J connectivity index is 1.94. The molecule has 1 aromatic heterocycles. The molecule has 1 fully saturated rings. The molecule has 0 radical (unpaired) electrons. The molecule has 8 heteroatoms. The highest BCUT2D eigenvalue weighted by Crippen LogP contribution is 2.23. The van der Waals surface area contributed by atoms with Gasteiger partial charge in [0.25, 0.3) is 5.91 Å². The van der Waals surface area contributed by atoms with Gasteiger partial charge in [0.2, 0.25) is 0 Å². The number of ether oxygens (including phenoxy) is 1. The lowest BCUT2D eigenvalue weighted by molar-refractivity contribution is -0.147. The first-order chi connectivity index (χ1) is 11.5. The van der Waals surface area contributed by atoms with Gasteiger partial charge in [-0.15, -0.1) is 0 Å². The lowest BCUT2D eigenvalue weighted by atomic mass is 10.1. The second kappa shape index (κ2) is 6.62. The van der Waals surface area contributed by atoms with E-state index in [1.807, 2.05) is 12.1 Å². The predicted molar refractivity (Wildman–Crippen MR) is 86.6 cm³/mol. The van der Waals surface area contributed by atoms with Crippen molar-refractivity contribution in [2.45, 2.75) is 13.0 Å². The van der Waals surface area contributed by atoms with Crippen LogP contribution in [0.3, 0.4) is 0 Å². The van der Waals surface area contributed by atoms with Crippen LogP contribution in [-0.2, 0) is 9.53 Å². The minimum absolute atomic E-state index is 0.0151. The van der Waals surface area contributed by atoms with Gasteiger partial charge in [0.15, 0.2) is 6.04 Å². The van der Waals surface area contributed by atoms with E-state index in [9.17, 15) is 14.7 Å². The highest BCUT2D eigenvalue weighted by molar-refractivity contribution is 6.32. The molecule has 1 amide bonds. The number of benzene rings is 1. The Morgan fingerprint density at radius 3 is 2.83 bits per heavy atom. The Bertz CT molecular complexity index is 789. The molecule has 0 spiro atoms. The molecule has 1 aromatic carbocycles. The van der Waals surface area contributed by atoms with Gasteiger partial charge in [-0.25, -0.2) is 9.48 Å². The molecule has 1 unspecified atom stereocenters. The van der Waals surface area contributed by atoms with Crippen molar-refractivity contribution in [3.8, 4) is 5.69 Å². The zero-order valence-corrected chi connectivity index (χ0v) is 13.7. The topological polar surface area (TPSA) is 84.7 Å². The maximum absolute atomic E-state index is 12.8. The number of amides is 1. The number of aromatic nitrogens is 2. The lowest BCUT2D eigenvalue weighted by Crippen LogP contribution is -2.52. The molecule has 0 saturated carbocycles. The van der Waals surface area contributed by atoms with E-state index in [1.165, 1.54) is 11.1 Å². The van der Waals surface area contributed by atoms with Crippen LogP contribution < -0.4 is 0 Å². The molecule has 1 aliphatic rings. The number of hydrogen-bond acceptors (Lipinski definition) is 4. The first-order valence-electron chi connectivity index (χ1n) is 7.41. The lowest BCUT2D eigenvalue weighted by Gasteiger charge is -2.32. The van der Waals surface area contributed by atoms with Crippen molar-refractivity contribution >= 4 is 23.5 Å². The summed E-state index contributed by atoms with van der Waals surface area (Å²) in [4.78, 5) is 25.4. The van der Waals surface area contributed by atoms with Crippen molar-refractivity contribution in [2.24, 2.45) is 0 Å². The van der Waals surface area contributed by atoms with E-state index in [-0.39, 0.29) is 19.1 Å². The molecular formula is C16H16ClN3O4. The first-order valence-corrected chi connectivity index (χ1v) is 7.79. The summed E-state index contributed by atoms with van der Waals surface area (Å²) >= 11 is 6.18. The van der Waals surface area contributed by atoms with Crippen LogP contribution in [0, 0.1) is 6.92 Å². The molecule has 0 aliphatic carbocycles. The number of para-hydroxylation sites is 1. The van der Waals surface area contributed by atoms with Crippen LogP contribution in [0.25, 0.3) is 5.69 Å². The SMILES string of the molecule is Cc1c(C(=O)N2CCOCC2C(=O)O)cnn1-c1ccccc1Cl. The number of aliphatic carboxylic acids is 1. The standard InChI is InChI=1S/C16H16ClN3O4/c1-10-11(8-18-20(10)13-5-3-2-4-12(13)17)15(21)19-6-7-24-9-14(19)16(22)23/h2-5,8,14H,6-7,9H2,1H3,(H,22,23). The average Bonchev–Trinajstić information content (AvgIpc) is 2.96. The van der Waals surface area contributed by atoms with Gasteiger partial charge >= 0.3 is 5.97 Å². The third-order valence-electron chi connectivity index (χ3n) is 4.00. The minimum atomic E-state index is -1.08. The molecule has 0 bridgehead atoms. The van der Waals surface area contributed by atoms with E-state index in [1.54, 1.807) is 23.7 Å². The Morgan fingerprint density at radius 2 is 2.12 bits per heavy atom. The van der Waals surface area contributed by atoms with Crippen LogP contribution in [0.2, 0.25) is 5.02 Å². The average molecular weight is 350 g/mol. The maximum atomic E-state index is 12.8. The van der Waals surface area contributed by atoms with E-state index >= 15 is 0 Å². The van der Waals surface area contributed by atoms with E-state index in [0.717, 1.165) is 0 Å². The van der Waals surface area contributed by atoms with Crippen molar-refractivity contribution in [1.82, 2.24) is 14.7 Å². The number of carbonyl (C=O) groups is 2. The number of rotatable bonds is 3. The molecule has 126 valence electrons. The van der Waals surface area contributed by atoms with Gasteiger partial charge < -0.3 is 14.7 Å². The fourth-order valence-corrected chi connectivity index (χ4v) is 2.91. The first kappa shape index (κ1) is 16.5. The molecule has 1 aliphatic heterocycles. The number of nitrogens with zero attached hydrogens (tertiary/aromatic N) is 3. The fourth-order valence-electron chi connectivity index (χ4n) is 2.69. The Hall–Kier alpha value is -2.38. The molecule has 24 heavy (non-hydrogen) atoms. The third kappa shape index (κ3) is 2.88. The summed E-state index contributed by atoms with van der Waals surface area (Å²) in [5.41, 5.74) is 1.61. The highest BCUT2D eigenvalue weighted by Gasteiger charge is 2.34. The number of halogens is 1. The van der Waals surface area contributed by atoms with Crippen molar-refractivity contribution < 1.29 is 19.4 Å². The number of carbonyl (C=O) groups excluding carboxylic acids is 1. The number of carboxylic acids is 1. The van der Waals surface area contributed by atoms with Gasteiger partial charge in [0, 0.05) is 6.54 Å². The van der Waals surface area contributed by atoms with Crippen LogP contribution in [0.15, 0.2) is 30.5 Å². The zero-order valence-electron chi connectivity index (χ0n) is 13.0. The Morgan fingerprint density at radius 1 is 1.38 bits per heavy atom. The van der Waals surface area contributed by atoms with Crippen molar-refractivity contribution in [3.05, 3.63) is 46.7 Å². The quantitative estimate of drug-likeness (QED) is 0.912. The summed E-state index contributed by atoms with van der Waals surface area (Å²) in [5, 5.41) is 14.0. The smallest absolute Gasteiger partial charge is 0.328 e. The van der Waals surface area contributed by atoms with Crippen molar-refractivity contribution in [3.63, 3.8) is 0 Å². The maximum Gasteiger partial charge on any atom is 0.328 e. The molecule has 2 aromatic rings. The summed E-state index contributed by atoms with van der Waals surface area (Å²) in [7, 11) is 0. The van der Waals surface area contributed by atoms with E-state index in [0.29, 0.717) is 28.6 Å². The van der Waals surface area contributed by atoms with Crippen LogP contribution in [-0.4, -0.2) is 57.5 Å². The predicted octanol–water partition coefficient (Wildman–Crippen LogP) is 1.76. The van der Waals surface area contributed by atoms with Crippen LogP contribution >= 0.6 is 11.6 Å². The normalized spacial score (nSPS) is 17.8. The highest BCUT2D eigenvalue weighted by atomic mass is 35.5. The van der Waals surface area contributed by atoms with Crippen LogP contribution in [0.1, 0.15) is 16.1 Å². The molecule has 7 nitrogen and oxygen atoms in total. The molecule has 1 saturated heterocycles. The van der Waals surface area contributed by atoms with Crippen LogP contribution in [0.5, 0.6) is 0 Å². The Kier molecular flexibility index (Phi) is 4.55. The summed E-state index contributed by atoms with van der Waals surface area (Å²) in [5.74, 6) is -1.46. The number of morpholine rings is 1. The van der Waals surface area contributed by atoms with Gasteiger partial charge in [-0.3, -0.25) is 4.79 Å². The second-order valence-corrected chi connectivity index (χ2v) is 5.84. The summed E-state index contributed by atoms with van der Waals surface area (Å²) < 4.78 is 6.74. The second-order valence-electron chi connectivity index (χ2n) is 5.43. The zero-order chi connectivity index (χ0) is 17.3. The molecule has 2 heterocycles. The Labute approximate surface area is 143 Å². The van der Waals surface area contributed by atoms with Gasteiger partial charge in [-0.2, -0.15) is 5.10 Å². The summed E-state index contributed by atoms with van der Waals surface area (Å²) in [6, 6.07) is 6.18. The number of carboxylic acid groups (broad SMARTS) is 1. The fraction of sp³-hybridized carbons (Fsp3) is 0.312. The summed E-state index contributed by atoms with van der Waals surface area (Å²) in [6.45, 7) is 2.28. The largest absolute Gasteiger partial charge is 0.480 e.